The van der Waals surface area contributed by atoms with Crippen LogP contribution in [0, 0.1) is 6.92 Å². The molecule has 0 saturated carbocycles. The zero-order valence-electron chi connectivity index (χ0n) is 9.18. The average Bonchev–Trinajstić information content (AvgIpc) is 2.65. The number of pyridine rings is 1. The van der Waals surface area contributed by atoms with Gasteiger partial charge < -0.3 is 5.73 Å². The van der Waals surface area contributed by atoms with Crippen LogP contribution in [-0.2, 0) is 0 Å². The maximum absolute atomic E-state index is 5.74. The summed E-state index contributed by atoms with van der Waals surface area (Å²) in [5.41, 5.74) is 7.72. The molecule has 0 aliphatic heterocycles. The van der Waals surface area contributed by atoms with Gasteiger partial charge in [0.25, 0.3) is 0 Å². The van der Waals surface area contributed by atoms with Crippen LogP contribution in [0.5, 0.6) is 0 Å². The van der Waals surface area contributed by atoms with Gasteiger partial charge in [0.1, 0.15) is 0 Å². The van der Waals surface area contributed by atoms with Crippen molar-refractivity contribution in [3.05, 3.63) is 35.1 Å². The molecular weight excluding hydrogens is 238 g/mol. The van der Waals surface area contributed by atoms with Crippen LogP contribution in [-0.4, -0.2) is 9.97 Å². The molecule has 0 unspecified atom stereocenters. The number of thiazole rings is 1. The second-order valence-corrected chi connectivity index (χ2v) is 5.74. The van der Waals surface area contributed by atoms with E-state index in [0.29, 0.717) is 0 Å². The molecule has 0 radical (unpaired) electrons. The van der Waals surface area contributed by atoms with E-state index in [-0.39, 0.29) is 6.04 Å². The number of nitrogens with two attached hydrogens (primary N) is 1. The quantitative estimate of drug-likeness (QED) is 0.911. The Bertz CT molecular complexity index is 462. The fourth-order valence-corrected chi connectivity index (χ4v) is 2.98. The Labute approximate surface area is 103 Å². The van der Waals surface area contributed by atoms with Crippen molar-refractivity contribution in [1.82, 2.24) is 9.97 Å². The maximum atomic E-state index is 5.74. The normalized spacial score (nSPS) is 12.7. The minimum Gasteiger partial charge on any atom is -0.323 e. The average molecular weight is 251 g/mol. The Morgan fingerprint density at radius 1 is 1.44 bits per heavy atom. The minimum absolute atomic E-state index is 0.0128. The van der Waals surface area contributed by atoms with Crippen LogP contribution >= 0.6 is 23.1 Å². The number of hydrogen-bond donors (Lipinski definition) is 1. The van der Waals surface area contributed by atoms with Crippen LogP contribution in [0.1, 0.15) is 24.4 Å². The molecular formula is C11H13N3S2. The highest BCUT2D eigenvalue weighted by Gasteiger charge is 2.04. The molecule has 1 atom stereocenters. The second kappa shape index (κ2) is 4.95. The highest BCUT2D eigenvalue weighted by atomic mass is 32.2. The largest absolute Gasteiger partial charge is 0.323 e. The summed E-state index contributed by atoms with van der Waals surface area (Å²) in [6.45, 7) is 3.93. The summed E-state index contributed by atoms with van der Waals surface area (Å²) in [6, 6.07) is 3.99. The molecule has 0 aromatic carbocycles. The number of hydrogen-bond acceptors (Lipinski definition) is 5. The van der Waals surface area contributed by atoms with E-state index in [9.17, 15) is 0 Å². The van der Waals surface area contributed by atoms with Crippen LogP contribution < -0.4 is 5.73 Å². The molecule has 0 fully saturated rings. The molecule has 2 heterocycles. The number of nitrogens with zero attached hydrogens (tertiary/aromatic N) is 2. The van der Waals surface area contributed by atoms with Crippen molar-refractivity contribution in [2.45, 2.75) is 29.1 Å². The lowest BCUT2D eigenvalue weighted by Gasteiger charge is -2.04. The first-order chi connectivity index (χ1) is 7.65. The first kappa shape index (κ1) is 11.6. The molecule has 0 aliphatic rings. The van der Waals surface area contributed by atoms with Crippen LogP contribution in [0.2, 0.25) is 0 Å². The van der Waals surface area contributed by atoms with Gasteiger partial charge in [-0.25, -0.2) is 4.98 Å². The third-order valence-electron chi connectivity index (χ3n) is 2.03. The Hall–Kier alpha value is -0.910. The van der Waals surface area contributed by atoms with Crippen molar-refractivity contribution in [1.29, 1.82) is 0 Å². The van der Waals surface area contributed by atoms with E-state index in [0.717, 1.165) is 20.6 Å². The molecule has 16 heavy (non-hydrogen) atoms. The van der Waals surface area contributed by atoms with Crippen LogP contribution in [0.4, 0.5) is 0 Å². The van der Waals surface area contributed by atoms with E-state index < -0.39 is 0 Å². The summed E-state index contributed by atoms with van der Waals surface area (Å²) in [6.07, 6.45) is 1.85. The predicted octanol–water partition coefficient (Wildman–Crippen LogP) is 3.02. The molecule has 0 amide bonds. The maximum Gasteiger partial charge on any atom is 0.154 e. The molecule has 0 bridgehead atoms. The Morgan fingerprint density at radius 2 is 2.25 bits per heavy atom. The van der Waals surface area contributed by atoms with Gasteiger partial charge in [-0.05, 0) is 26.0 Å². The third-order valence-corrected chi connectivity index (χ3v) is 4.06. The van der Waals surface area contributed by atoms with Crippen LogP contribution in [0.25, 0.3) is 0 Å². The summed E-state index contributed by atoms with van der Waals surface area (Å²) < 4.78 is 1.05. The molecule has 84 valence electrons. The van der Waals surface area contributed by atoms with Crippen molar-refractivity contribution in [3.8, 4) is 0 Å². The van der Waals surface area contributed by atoms with E-state index >= 15 is 0 Å². The first-order valence-electron chi connectivity index (χ1n) is 4.96. The van der Waals surface area contributed by atoms with Gasteiger partial charge >= 0.3 is 0 Å². The van der Waals surface area contributed by atoms with Crippen molar-refractivity contribution in [2.24, 2.45) is 5.73 Å². The molecule has 0 spiro atoms. The second-order valence-electron chi connectivity index (χ2n) is 3.56. The van der Waals surface area contributed by atoms with Gasteiger partial charge in [-0.2, -0.15) is 0 Å². The molecule has 5 heteroatoms. The van der Waals surface area contributed by atoms with E-state index in [1.165, 1.54) is 0 Å². The number of aromatic nitrogens is 2. The predicted molar refractivity (Wildman–Crippen MR) is 67.8 cm³/mol. The number of aryl methyl sites for hydroxylation is 1. The fourth-order valence-electron chi connectivity index (χ4n) is 1.20. The molecule has 0 saturated heterocycles. The highest BCUT2D eigenvalue weighted by molar-refractivity contribution is 8.01. The Kier molecular flexibility index (Phi) is 3.58. The van der Waals surface area contributed by atoms with Gasteiger partial charge in [0.2, 0.25) is 0 Å². The van der Waals surface area contributed by atoms with Gasteiger partial charge in [0.15, 0.2) is 4.34 Å². The smallest absolute Gasteiger partial charge is 0.154 e. The molecule has 2 aromatic rings. The SMILES string of the molecule is Cc1csc(Sc2ccc([C@@H](C)N)nc2)n1. The molecule has 2 aromatic heterocycles. The van der Waals surface area contributed by atoms with E-state index in [4.69, 9.17) is 5.73 Å². The summed E-state index contributed by atoms with van der Waals surface area (Å²) in [4.78, 5) is 9.80. The number of rotatable bonds is 3. The molecule has 2 rings (SSSR count). The third kappa shape index (κ3) is 2.81. The molecule has 3 nitrogen and oxygen atoms in total. The Morgan fingerprint density at radius 3 is 2.75 bits per heavy atom. The van der Waals surface area contributed by atoms with Crippen LogP contribution in [0.15, 0.2) is 32.9 Å². The lowest BCUT2D eigenvalue weighted by Crippen LogP contribution is -2.06. The monoisotopic (exact) mass is 251 g/mol. The van der Waals surface area contributed by atoms with Crippen molar-refractivity contribution >= 4 is 23.1 Å². The van der Waals surface area contributed by atoms with E-state index in [1.54, 1.807) is 23.1 Å². The van der Waals surface area contributed by atoms with Gasteiger partial charge in [0, 0.05) is 28.2 Å². The van der Waals surface area contributed by atoms with Crippen LogP contribution in [0.3, 0.4) is 0 Å². The highest BCUT2D eigenvalue weighted by Crippen LogP contribution is 2.29. The van der Waals surface area contributed by atoms with Crippen molar-refractivity contribution < 1.29 is 0 Å². The van der Waals surface area contributed by atoms with E-state index in [2.05, 4.69) is 9.97 Å². The minimum atomic E-state index is -0.0128. The lowest BCUT2D eigenvalue weighted by atomic mass is 10.2. The topological polar surface area (TPSA) is 51.8 Å². The summed E-state index contributed by atoms with van der Waals surface area (Å²) in [7, 11) is 0. The van der Waals surface area contributed by atoms with Crippen molar-refractivity contribution in [3.63, 3.8) is 0 Å². The van der Waals surface area contributed by atoms with Gasteiger partial charge in [-0.3, -0.25) is 4.98 Å². The summed E-state index contributed by atoms with van der Waals surface area (Å²) >= 11 is 3.29. The van der Waals surface area contributed by atoms with Gasteiger partial charge in [-0.15, -0.1) is 11.3 Å². The van der Waals surface area contributed by atoms with E-state index in [1.807, 2.05) is 37.6 Å². The Balaban J connectivity index is 2.11. The first-order valence-corrected chi connectivity index (χ1v) is 6.66. The summed E-state index contributed by atoms with van der Waals surface area (Å²) in [5, 5.41) is 2.05. The zero-order valence-corrected chi connectivity index (χ0v) is 10.8. The standard InChI is InChI=1S/C11H13N3S2/c1-7-6-15-11(14-7)16-9-3-4-10(8(2)12)13-5-9/h3-6,8H,12H2,1-2H3/t8-/m1/s1. The van der Waals surface area contributed by atoms with Gasteiger partial charge in [0.05, 0.1) is 5.69 Å². The summed E-state index contributed by atoms with van der Waals surface area (Å²) in [5.74, 6) is 0. The zero-order chi connectivity index (χ0) is 11.5. The van der Waals surface area contributed by atoms with Crippen molar-refractivity contribution in [2.75, 3.05) is 0 Å². The molecule has 2 N–H and O–H groups in total. The lowest BCUT2D eigenvalue weighted by molar-refractivity contribution is 0.777. The molecule has 0 aliphatic carbocycles. The fraction of sp³-hybridized carbons (Fsp3) is 0.273. The van der Waals surface area contributed by atoms with Gasteiger partial charge in [-0.1, -0.05) is 11.8 Å².